The van der Waals surface area contributed by atoms with Crippen LogP contribution in [0.4, 0.5) is 0 Å². The Balaban J connectivity index is 2.26. The lowest BCUT2D eigenvalue weighted by atomic mass is 10.1. The molecule has 2 aromatic rings. The molecule has 3 nitrogen and oxygen atoms in total. The van der Waals surface area contributed by atoms with Gasteiger partial charge >= 0.3 is 5.63 Å². The van der Waals surface area contributed by atoms with Crippen molar-refractivity contribution in [2.24, 2.45) is 0 Å². The van der Waals surface area contributed by atoms with Crippen molar-refractivity contribution in [2.75, 3.05) is 11.5 Å². The number of rotatable bonds is 1. The summed E-state index contributed by atoms with van der Waals surface area (Å²) in [5.41, 5.74) is 1.82. The summed E-state index contributed by atoms with van der Waals surface area (Å²) in [6.07, 6.45) is 1.18. The van der Waals surface area contributed by atoms with E-state index in [1.165, 1.54) is 12.5 Å². The maximum atomic E-state index is 11.6. The zero-order valence-electron chi connectivity index (χ0n) is 10.5. The number of aryl methyl sites for hydroxylation is 1. The Bertz CT molecular complexity index is 672. The number of hydrogen-bond donors (Lipinski definition) is 1. The molecule has 1 aromatic carbocycles. The first-order valence-corrected chi connectivity index (χ1v) is 8.26. The monoisotopic (exact) mass is 294 g/mol. The molecule has 100 valence electrons. The second-order valence-corrected chi connectivity index (χ2v) is 7.27. The summed E-state index contributed by atoms with van der Waals surface area (Å²) in [5.74, 6) is 2.36. The van der Waals surface area contributed by atoms with Gasteiger partial charge in [-0.1, -0.05) is 0 Å². The molecule has 0 bridgehead atoms. The zero-order chi connectivity index (χ0) is 13.4. The van der Waals surface area contributed by atoms with Gasteiger partial charge in [-0.3, -0.25) is 0 Å². The number of fused-ring (bicyclic) bond motifs is 1. The van der Waals surface area contributed by atoms with Crippen LogP contribution in [0.2, 0.25) is 0 Å². The first-order chi connectivity index (χ1) is 9.16. The third-order valence-electron chi connectivity index (χ3n) is 3.20. The van der Waals surface area contributed by atoms with Crippen LogP contribution in [0.5, 0.6) is 5.75 Å². The molecule has 5 heteroatoms. The summed E-state index contributed by atoms with van der Waals surface area (Å²) in [4.78, 5) is 11.6. The predicted octanol–water partition coefficient (Wildman–Crippen LogP) is 3.68. The Hall–Kier alpha value is -1.07. The molecule has 1 aromatic heterocycles. The lowest BCUT2D eigenvalue weighted by molar-refractivity contribution is 0.467. The number of aromatic hydroxyl groups is 1. The summed E-state index contributed by atoms with van der Waals surface area (Å²) < 4.78 is 5.51. The van der Waals surface area contributed by atoms with Gasteiger partial charge in [0.2, 0.25) is 0 Å². The lowest BCUT2D eigenvalue weighted by Gasteiger charge is -2.22. The molecule has 1 N–H and O–H groups in total. The molecule has 0 radical (unpaired) electrons. The number of thioether (sulfide) groups is 2. The second-order valence-electron chi connectivity index (χ2n) is 4.55. The molecule has 3 rings (SSSR count). The average Bonchev–Trinajstić information content (AvgIpc) is 2.39. The molecule has 19 heavy (non-hydrogen) atoms. The molecule has 2 heterocycles. The van der Waals surface area contributed by atoms with Gasteiger partial charge in [0.1, 0.15) is 11.3 Å². The Morgan fingerprint density at radius 2 is 2.05 bits per heavy atom. The maximum absolute atomic E-state index is 11.6. The van der Waals surface area contributed by atoms with Crippen molar-refractivity contribution in [2.45, 2.75) is 17.9 Å². The lowest BCUT2D eigenvalue weighted by Crippen LogP contribution is -2.04. The fourth-order valence-corrected chi connectivity index (χ4v) is 5.26. The molecule has 0 amide bonds. The number of phenolic OH excluding ortho intramolecular Hbond substituents is 1. The van der Waals surface area contributed by atoms with Crippen LogP contribution in [0.25, 0.3) is 11.0 Å². The molecule has 0 atom stereocenters. The summed E-state index contributed by atoms with van der Waals surface area (Å²) in [7, 11) is 0. The Kier molecular flexibility index (Phi) is 3.50. The van der Waals surface area contributed by atoms with Crippen molar-refractivity contribution in [1.29, 1.82) is 0 Å². The van der Waals surface area contributed by atoms with Gasteiger partial charge in [-0.05, 0) is 42.5 Å². The SMILES string of the molecule is Cc1cc(=O)oc2c(C3SCCCS3)c(O)ccc12. The van der Waals surface area contributed by atoms with E-state index >= 15 is 0 Å². The average molecular weight is 294 g/mol. The molecule has 0 unspecified atom stereocenters. The molecule has 0 saturated carbocycles. The van der Waals surface area contributed by atoms with Gasteiger partial charge in [-0.2, -0.15) is 0 Å². The van der Waals surface area contributed by atoms with Gasteiger partial charge in [-0.25, -0.2) is 4.79 Å². The van der Waals surface area contributed by atoms with E-state index in [0.29, 0.717) is 5.58 Å². The van der Waals surface area contributed by atoms with Crippen molar-refractivity contribution < 1.29 is 9.52 Å². The van der Waals surface area contributed by atoms with Crippen molar-refractivity contribution in [1.82, 2.24) is 0 Å². The van der Waals surface area contributed by atoms with Crippen LogP contribution in [0, 0.1) is 6.92 Å². The summed E-state index contributed by atoms with van der Waals surface area (Å²) in [6, 6.07) is 5.00. The molecule has 0 aliphatic carbocycles. The van der Waals surface area contributed by atoms with E-state index in [9.17, 15) is 9.90 Å². The van der Waals surface area contributed by atoms with Crippen molar-refractivity contribution in [3.05, 3.63) is 39.7 Å². The van der Waals surface area contributed by atoms with Crippen LogP contribution < -0.4 is 5.63 Å². The molecule has 0 spiro atoms. The van der Waals surface area contributed by atoms with Crippen molar-refractivity contribution in [3.8, 4) is 5.75 Å². The number of hydrogen-bond acceptors (Lipinski definition) is 5. The quantitative estimate of drug-likeness (QED) is 0.813. The van der Waals surface area contributed by atoms with E-state index in [-0.39, 0.29) is 16.0 Å². The summed E-state index contributed by atoms with van der Waals surface area (Å²) >= 11 is 3.60. The fourth-order valence-electron chi connectivity index (χ4n) is 2.28. The molecular formula is C14H14O3S2. The van der Waals surface area contributed by atoms with Gasteiger partial charge in [0, 0.05) is 11.5 Å². The van der Waals surface area contributed by atoms with E-state index in [1.807, 2.05) is 13.0 Å². The largest absolute Gasteiger partial charge is 0.507 e. The van der Waals surface area contributed by atoms with Crippen LogP contribution in [-0.2, 0) is 0 Å². The van der Waals surface area contributed by atoms with Gasteiger partial charge in [0.15, 0.2) is 0 Å². The predicted molar refractivity (Wildman–Crippen MR) is 81.2 cm³/mol. The third kappa shape index (κ3) is 2.37. The summed E-state index contributed by atoms with van der Waals surface area (Å²) in [6.45, 7) is 1.89. The van der Waals surface area contributed by atoms with Crippen molar-refractivity contribution >= 4 is 34.5 Å². The highest BCUT2D eigenvalue weighted by molar-refractivity contribution is 8.16. The fraction of sp³-hybridized carbons (Fsp3) is 0.357. The van der Waals surface area contributed by atoms with E-state index in [2.05, 4.69) is 0 Å². The number of benzene rings is 1. The van der Waals surface area contributed by atoms with Gasteiger partial charge in [-0.15, -0.1) is 23.5 Å². The molecule has 1 saturated heterocycles. The summed E-state index contributed by atoms with van der Waals surface area (Å²) in [5, 5.41) is 11.1. The van der Waals surface area contributed by atoms with Gasteiger partial charge < -0.3 is 9.52 Å². The highest BCUT2D eigenvalue weighted by Gasteiger charge is 2.24. The van der Waals surface area contributed by atoms with Crippen LogP contribution in [0.15, 0.2) is 27.4 Å². The smallest absolute Gasteiger partial charge is 0.336 e. The zero-order valence-corrected chi connectivity index (χ0v) is 12.1. The molecule has 1 aliphatic rings. The standard InChI is InChI=1S/C14H14O3S2/c1-8-7-11(16)17-13-9(8)3-4-10(15)12(13)14-18-5-2-6-19-14/h3-4,7,14-15H,2,5-6H2,1H3. The first-order valence-electron chi connectivity index (χ1n) is 6.16. The van der Waals surface area contributed by atoms with Crippen LogP contribution in [0.3, 0.4) is 0 Å². The highest BCUT2D eigenvalue weighted by atomic mass is 32.2. The minimum atomic E-state index is -0.359. The second kappa shape index (κ2) is 5.13. The van der Waals surface area contributed by atoms with Crippen molar-refractivity contribution in [3.63, 3.8) is 0 Å². The third-order valence-corrected chi connectivity index (χ3v) is 6.14. The normalized spacial score (nSPS) is 16.9. The Morgan fingerprint density at radius 1 is 1.32 bits per heavy atom. The Labute approximate surface area is 119 Å². The molecule has 1 aliphatic heterocycles. The molecular weight excluding hydrogens is 280 g/mol. The molecule has 1 fully saturated rings. The highest BCUT2D eigenvalue weighted by Crippen LogP contribution is 2.49. The van der Waals surface area contributed by atoms with Crippen LogP contribution >= 0.6 is 23.5 Å². The van der Waals surface area contributed by atoms with E-state index in [1.54, 1.807) is 29.6 Å². The van der Waals surface area contributed by atoms with Gasteiger partial charge in [0.05, 0.1) is 10.1 Å². The first kappa shape index (κ1) is 12.9. The van der Waals surface area contributed by atoms with Gasteiger partial charge in [0.25, 0.3) is 0 Å². The van der Waals surface area contributed by atoms with Crippen LogP contribution in [0.1, 0.15) is 22.1 Å². The number of phenols is 1. The van der Waals surface area contributed by atoms with Crippen LogP contribution in [-0.4, -0.2) is 16.6 Å². The van der Waals surface area contributed by atoms with E-state index in [0.717, 1.165) is 28.0 Å². The minimum Gasteiger partial charge on any atom is -0.507 e. The minimum absolute atomic E-state index is 0.141. The Morgan fingerprint density at radius 3 is 2.79 bits per heavy atom. The topological polar surface area (TPSA) is 50.4 Å². The maximum Gasteiger partial charge on any atom is 0.336 e. The van der Waals surface area contributed by atoms with E-state index < -0.39 is 0 Å². The van der Waals surface area contributed by atoms with E-state index in [4.69, 9.17) is 4.42 Å².